The van der Waals surface area contributed by atoms with E-state index in [9.17, 15) is 40.6 Å². The van der Waals surface area contributed by atoms with Gasteiger partial charge < -0.3 is 9.84 Å². The zero-order valence-corrected chi connectivity index (χ0v) is 17.4. The van der Waals surface area contributed by atoms with E-state index < -0.39 is 34.3 Å². The quantitative estimate of drug-likeness (QED) is 0.483. The fourth-order valence-corrected chi connectivity index (χ4v) is 5.80. The van der Waals surface area contributed by atoms with Crippen LogP contribution in [0, 0.1) is 0 Å². The zero-order valence-electron chi connectivity index (χ0n) is 15.7. The summed E-state index contributed by atoms with van der Waals surface area (Å²) in [4.78, 5) is 0.0430. The van der Waals surface area contributed by atoms with Crippen molar-refractivity contribution in [3.8, 4) is 5.75 Å². The molecule has 1 aliphatic heterocycles. The van der Waals surface area contributed by atoms with E-state index in [-0.39, 0.29) is 27.8 Å². The molecule has 31 heavy (non-hydrogen) atoms. The maximum absolute atomic E-state index is 13.2. The van der Waals surface area contributed by atoms with Crippen molar-refractivity contribution in [1.29, 1.82) is 0 Å². The maximum atomic E-state index is 13.2. The van der Waals surface area contributed by atoms with E-state index >= 15 is 0 Å². The first-order valence-corrected chi connectivity index (χ1v) is 11.1. The predicted molar refractivity (Wildman–Crippen MR) is 105 cm³/mol. The minimum Gasteiger partial charge on any atom is -0.497 e. The SMILES string of the molecule is COc1ccc(S(O)(O)N2CCSc3cc(C(O)(C(F)(F)F)C(F)(F)F)ccc32)cc1. The largest absolute Gasteiger partial charge is 0.497 e. The number of thioether (sulfide) groups is 1. The van der Waals surface area contributed by atoms with Crippen LogP contribution in [0.15, 0.2) is 52.3 Å². The van der Waals surface area contributed by atoms with Gasteiger partial charge in [-0.15, -0.1) is 11.8 Å². The van der Waals surface area contributed by atoms with E-state index in [2.05, 4.69) is 0 Å². The van der Waals surface area contributed by atoms with Crippen molar-refractivity contribution >= 4 is 28.2 Å². The second kappa shape index (κ2) is 7.96. The number of rotatable bonds is 4. The molecular formula is C18H17F6NO4S2. The topological polar surface area (TPSA) is 73.2 Å². The van der Waals surface area contributed by atoms with Crippen LogP contribution in [0.5, 0.6) is 5.75 Å². The summed E-state index contributed by atoms with van der Waals surface area (Å²) in [5, 5.41) is 9.63. The number of nitrogens with zero attached hydrogens (tertiary/aromatic N) is 1. The van der Waals surface area contributed by atoms with Gasteiger partial charge in [-0.2, -0.15) is 26.3 Å². The maximum Gasteiger partial charge on any atom is 0.430 e. The molecule has 0 atom stereocenters. The van der Waals surface area contributed by atoms with E-state index in [1.54, 1.807) is 0 Å². The van der Waals surface area contributed by atoms with Crippen molar-refractivity contribution < 1.29 is 45.3 Å². The molecule has 0 amide bonds. The first-order valence-electron chi connectivity index (χ1n) is 8.56. The van der Waals surface area contributed by atoms with Crippen LogP contribution in [0.2, 0.25) is 0 Å². The molecule has 1 aliphatic rings. The van der Waals surface area contributed by atoms with Crippen LogP contribution in [-0.4, -0.2) is 46.0 Å². The lowest BCUT2D eigenvalue weighted by Crippen LogP contribution is -2.54. The number of anilines is 1. The van der Waals surface area contributed by atoms with Crippen molar-refractivity contribution in [2.24, 2.45) is 0 Å². The van der Waals surface area contributed by atoms with E-state index in [0.29, 0.717) is 17.9 Å². The lowest BCUT2D eigenvalue weighted by molar-refractivity contribution is -0.376. The van der Waals surface area contributed by atoms with Gasteiger partial charge in [0.2, 0.25) is 0 Å². The third-order valence-corrected chi connectivity index (χ3v) is 7.62. The second-order valence-electron chi connectivity index (χ2n) is 6.53. The normalized spacial score (nSPS) is 16.1. The Bertz CT molecular complexity index is 936. The van der Waals surface area contributed by atoms with Gasteiger partial charge in [0.25, 0.3) is 5.60 Å². The Morgan fingerprint density at radius 2 is 1.55 bits per heavy atom. The summed E-state index contributed by atoms with van der Waals surface area (Å²) in [7, 11) is -2.23. The number of hydrogen-bond acceptors (Lipinski definition) is 6. The zero-order chi connectivity index (χ0) is 23.2. The van der Waals surface area contributed by atoms with Gasteiger partial charge in [0.05, 0.1) is 17.7 Å². The fourth-order valence-electron chi connectivity index (χ4n) is 3.06. The molecule has 0 saturated heterocycles. The van der Waals surface area contributed by atoms with Crippen LogP contribution < -0.4 is 9.04 Å². The summed E-state index contributed by atoms with van der Waals surface area (Å²) < 4.78 is 107. The predicted octanol–water partition coefficient (Wildman–Crippen LogP) is 5.64. The van der Waals surface area contributed by atoms with Crippen molar-refractivity contribution in [1.82, 2.24) is 0 Å². The molecule has 13 heteroatoms. The molecule has 0 saturated carbocycles. The standard InChI is InChI=1S/C18H17F6NO4S2/c1-29-12-3-5-13(6-4-12)31(27,28)25-8-9-30-15-10-11(2-7-14(15)25)16(26,17(19,20)21)18(22,23)24/h2-7,10,26-28H,8-9H2,1H3. The lowest BCUT2D eigenvalue weighted by atomic mass is 9.92. The van der Waals surface area contributed by atoms with Crippen molar-refractivity contribution in [3.63, 3.8) is 0 Å². The minimum absolute atomic E-state index is 0.0440. The minimum atomic E-state index is -6.01. The first-order chi connectivity index (χ1) is 14.2. The summed E-state index contributed by atoms with van der Waals surface area (Å²) in [6, 6.07) is 7.75. The summed E-state index contributed by atoms with van der Waals surface area (Å²) in [5.41, 5.74) is -6.42. The van der Waals surface area contributed by atoms with E-state index in [0.717, 1.165) is 22.1 Å². The summed E-state index contributed by atoms with van der Waals surface area (Å²) in [6.07, 6.45) is -12.0. The number of aliphatic hydroxyl groups is 1. The van der Waals surface area contributed by atoms with Crippen LogP contribution >= 0.6 is 22.5 Å². The van der Waals surface area contributed by atoms with Gasteiger partial charge in [0.15, 0.2) is 0 Å². The number of halogens is 6. The molecule has 2 aromatic carbocycles. The molecule has 3 N–H and O–H groups in total. The van der Waals surface area contributed by atoms with Crippen LogP contribution in [0.25, 0.3) is 0 Å². The third-order valence-electron chi connectivity index (χ3n) is 4.70. The summed E-state index contributed by atoms with van der Waals surface area (Å²) in [6.45, 7) is 0.0776. The van der Waals surface area contributed by atoms with Crippen LogP contribution in [0.4, 0.5) is 32.0 Å². The Kier molecular flexibility index (Phi) is 6.12. The molecule has 0 aliphatic carbocycles. The Labute approximate surface area is 179 Å². The molecule has 0 spiro atoms. The second-order valence-corrected chi connectivity index (χ2v) is 9.62. The summed E-state index contributed by atoms with van der Waals surface area (Å²) in [5.74, 6) is 0.621. The third kappa shape index (κ3) is 4.04. The molecule has 0 bridgehead atoms. The molecule has 0 aromatic heterocycles. The number of ether oxygens (including phenoxy) is 1. The Hall–Kier alpha value is -1.80. The molecule has 3 rings (SSSR count). The molecule has 0 unspecified atom stereocenters. The monoisotopic (exact) mass is 489 g/mol. The molecular weight excluding hydrogens is 472 g/mol. The van der Waals surface area contributed by atoms with Crippen molar-refractivity contribution in [2.45, 2.75) is 27.7 Å². The van der Waals surface area contributed by atoms with E-state index in [1.165, 1.54) is 31.4 Å². The average molecular weight is 489 g/mol. The van der Waals surface area contributed by atoms with Gasteiger partial charge in [-0.05, 0) is 36.4 Å². The number of fused-ring (bicyclic) bond motifs is 1. The molecule has 0 fully saturated rings. The lowest BCUT2D eigenvalue weighted by Gasteiger charge is -2.46. The number of hydrogen-bond donors (Lipinski definition) is 3. The van der Waals surface area contributed by atoms with Gasteiger partial charge in [0, 0.05) is 22.8 Å². The van der Waals surface area contributed by atoms with Gasteiger partial charge in [-0.25, -0.2) is 0 Å². The van der Waals surface area contributed by atoms with E-state index in [4.69, 9.17) is 4.74 Å². The Morgan fingerprint density at radius 3 is 2.06 bits per heavy atom. The van der Waals surface area contributed by atoms with Crippen molar-refractivity contribution in [3.05, 3.63) is 48.0 Å². The number of alkyl halides is 6. The smallest absolute Gasteiger partial charge is 0.430 e. The highest BCUT2D eigenvalue weighted by atomic mass is 32.3. The van der Waals surface area contributed by atoms with Gasteiger partial charge in [-0.3, -0.25) is 13.4 Å². The molecule has 5 nitrogen and oxygen atoms in total. The first kappa shape index (κ1) is 23.9. The Morgan fingerprint density at radius 1 is 0.968 bits per heavy atom. The van der Waals surface area contributed by atoms with Gasteiger partial charge >= 0.3 is 12.4 Å². The fraction of sp³-hybridized carbons (Fsp3) is 0.333. The highest BCUT2D eigenvalue weighted by Crippen LogP contribution is 2.58. The summed E-state index contributed by atoms with van der Waals surface area (Å²) >= 11 is 0.945. The van der Waals surface area contributed by atoms with Gasteiger partial charge in [0.1, 0.15) is 5.75 Å². The highest BCUT2D eigenvalue weighted by Gasteiger charge is 2.71. The van der Waals surface area contributed by atoms with Gasteiger partial charge in [-0.1, -0.05) is 16.8 Å². The van der Waals surface area contributed by atoms with Crippen LogP contribution in [0.3, 0.4) is 0 Å². The molecule has 0 radical (unpaired) electrons. The average Bonchev–Trinajstić information content (AvgIpc) is 2.70. The van der Waals surface area contributed by atoms with Crippen LogP contribution in [-0.2, 0) is 5.60 Å². The highest BCUT2D eigenvalue weighted by molar-refractivity contribution is 8.25. The molecule has 172 valence electrons. The number of methoxy groups -OCH3 is 1. The van der Waals surface area contributed by atoms with Crippen molar-refractivity contribution in [2.75, 3.05) is 23.7 Å². The molecule has 2 aromatic rings. The number of benzene rings is 2. The van der Waals surface area contributed by atoms with Crippen LogP contribution in [0.1, 0.15) is 5.56 Å². The van der Waals surface area contributed by atoms with E-state index in [1.807, 2.05) is 0 Å². The molecule has 1 heterocycles. The Balaban J connectivity index is 2.06.